The molecule has 1 aromatic heterocycles. The van der Waals surface area contributed by atoms with Crippen molar-refractivity contribution in [3.05, 3.63) is 33.1 Å². The minimum absolute atomic E-state index is 0.0155. The van der Waals surface area contributed by atoms with Crippen molar-refractivity contribution in [2.75, 3.05) is 13.1 Å². The number of amides is 1. The Morgan fingerprint density at radius 2 is 1.93 bits per heavy atom. The Labute approximate surface area is 162 Å². The molecule has 1 saturated carbocycles. The van der Waals surface area contributed by atoms with Crippen molar-refractivity contribution in [2.45, 2.75) is 63.5 Å². The Balaban J connectivity index is 1.73. The number of rotatable bonds is 5. The van der Waals surface area contributed by atoms with Crippen LogP contribution in [0.4, 0.5) is 0 Å². The Hall–Kier alpha value is -2.42. The smallest absolute Gasteiger partial charge is 0.328 e. The summed E-state index contributed by atoms with van der Waals surface area (Å²) in [5.74, 6) is -1.05. The van der Waals surface area contributed by atoms with Gasteiger partial charge in [0.05, 0.1) is 19.0 Å². The van der Waals surface area contributed by atoms with Gasteiger partial charge in [-0.3, -0.25) is 23.9 Å². The molecule has 1 amide bonds. The summed E-state index contributed by atoms with van der Waals surface area (Å²) < 4.78 is 1.30. The van der Waals surface area contributed by atoms with E-state index in [2.05, 4.69) is 4.98 Å². The molecule has 1 aliphatic heterocycles. The van der Waals surface area contributed by atoms with E-state index < -0.39 is 34.3 Å². The molecule has 9 heteroatoms. The molecule has 28 heavy (non-hydrogen) atoms. The maximum Gasteiger partial charge on any atom is 0.328 e. The van der Waals surface area contributed by atoms with E-state index in [1.165, 1.54) is 16.8 Å². The van der Waals surface area contributed by atoms with Gasteiger partial charge < -0.3 is 15.1 Å². The van der Waals surface area contributed by atoms with E-state index in [-0.39, 0.29) is 25.3 Å². The first kappa shape index (κ1) is 20.3. The zero-order valence-electron chi connectivity index (χ0n) is 16.0. The average Bonchev–Trinajstić information content (AvgIpc) is 3.02. The van der Waals surface area contributed by atoms with E-state index in [0.717, 1.165) is 25.7 Å². The molecule has 2 atom stereocenters. The van der Waals surface area contributed by atoms with Crippen LogP contribution in [0.2, 0.25) is 0 Å². The number of H-pyrrole nitrogens is 1. The summed E-state index contributed by atoms with van der Waals surface area (Å²) >= 11 is 0. The summed E-state index contributed by atoms with van der Waals surface area (Å²) in [6.45, 7) is 1.97. The molecule has 1 aromatic rings. The maximum absolute atomic E-state index is 12.9. The van der Waals surface area contributed by atoms with Crippen LogP contribution in [-0.2, 0) is 9.59 Å². The van der Waals surface area contributed by atoms with Gasteiger partial charge in [0.15, 0.2) is 0 Å². The second-order valence-electron chi connectivity index (χ2n) is 8.45. The van der Waals surface area contributed by atoms with Gasteiger partial charge in [0.25, 0.3) is 5.56 Å². The standard InChI is InChI=1S/C19H27N3O6/c1-18(28)12-21(8-4-13(18)22-9-5-14(23)20-17(22)27)15(24)10-19(11-16(25)26)6-2-3-7-19/h5,9,13,28H,2-4,6-8,10-12H2,1H3,(H,25,26)(H,20,23,27)/t13-,18-/m1/s1. The predicted molar refractivity (Wildman–Crippen MR) is 100.0 cm³/mol. The lowest BCUT2D eigenvalue weighted by molar-refractivity contribution is -0.145. The number of aliphatic hydroxyl groups is 1. The lowest BCUT2D eigenvalue weighted by atomic mass is 9.78. The van der Waals surface area contributed by atoms with E-state index in [9.17, 15) is 29.4 Å². The van der Waals surface area contributed by atoms with Gasteiger partial charge in [-0.15, -0.1) is 0 Å². The molecule has 2 fully saturated rings. The highest BCUT2D eigenvalue weighted by Crippen LogP contribution is 2.45. The van der Waals surface area contributed by atoms with Crippen LogP contribution in [-0.4, -0.2) is 55.2 Å². The molecule has 0 aromatic carbocycles. The first-order valence-electron chi connectivity index (χ1n) is 9.65. The number of likely N-dealkylation sites (tertiary alicyclic amines) is 1. The quantitative estimate of drug-likeness (QED) is 0.667. The average molecular weight is 393 g/mol. The lowest BCUT2D eigenvalue weighted by Crippen LogP contribution is -2.56. The molecule has 9 nitrogen and oxygen atoms in total. The largest absolute Gasteiger partial charge is 0.481 e. The number of carboxylic acids is 1. The van der Waals surface area contributed by atoms with Gasteiger partial charge in [0.2, 0.25) is 5.91 Å². The summed E-state index contributed by atoms with van der Waals surface area (Å²) in [5.41, 5.74) is -2.95. The van der Waals surface area contributed by atoms with Gasteiger partial charge in [0, 0.05) is 25.2 Å². The van der Waals surface area contributed by atoms with Crippen LogP contribution >= 0.6 is 0 Å². The molecule has 0 radical (unpaired) electrons. The molecular formula is C19H27N3O6. The molecule has 0 spiro atoms. The second kappa shape index (κ2) is 7.54. The van der Waals surface area contributed by atoms with Gasteiger partial charge >= 0.3 is 11.7 Å². The summed E-state index contributed by atoms with van der Waals surface area (Å²) in [7, 11) is 0. The van der Waals surface area contributed by atoms with Crippen molar-refractivity contribution in [1.82, 2.24) is 14.5 Å². The van der Waals surface area contributed by atoms with Crippen molar-refractivity contribution < 1.29 is 19.8 Å². The summed E-state index contributed by atoms with van der Waals surface area (Å²) in [6.07, 6.45) is 5.17. The van der Waals surface area contributed by atoms with Crippen LogP contribution in [0.1, 0.15) is 57.9 Å². The minimum atomic E-state index is -1.36. The van der Waals surface area contributed by atoms with Crippen LogP contribution in [0.3, 0.4) is 0 Å². The van der Waals surface area contributed by atoms with Gasteiger partial charge in [0.1, 0.15) is 5.60 Å². The third-order valence-corrected chi connectivity index (χ3v) is 6.16. The number of β-amino-alcohol motifs (C(OH)–C–C–N with tert-alkyl or cyclic N) is 1. The number of hydrogen-bond donors (Lipinski definition) is 3. The Bertz CT molecular complexity index is 865. The topological polar surface area (TPSA) is 133 Å². The van der Waals surface area contributed by atoms with Crippen LogP contribution in [0.15, 0.2) is 21.9 Å². The molecule has 0 bridgehead atoms. The van der Waals surface area contributed by atoms with Crippen LogP contribution in [0.5, 0.6) is 0 Å². The molecule has 2 aliphatic rings. The minimum Gasteiger partial charge on any atom is -0.481 e. The molecule has 3 rings (SSSR count). The Morgan fingerprint density at radius 3 is 2.50 bits per heavy atom. The highest BCUT2D eigenvalue weighted by Gasteiger charge is 2.44. The Morgan fingerprint density at radius 1 is 1.25 bits per heavy atom. The third-order valence-electron chi connectivity index (χ3n) is 6.16. The number of nitrogens with one attached hydrogen (secondary N) is 1. The van der Waals surface area contributed by atoms with Crippen molar-refractivity contribution >= 4 is 11.9 Å². The summed E-state index contributed by atoms with van der Waals surface area (Å²) in [6, 6.07) is 0.658. The number of nitrogens with zero attached hydrogens (tertiary/aromatic N) is 2. The van der Waals surface area contributed by atoms with E-state index in [0.29, 0.717) is 13.0 Å². The highest BCUT2D eigenvalue weighted by molar-refractivity contribution is 5.78. The molecule has 2 heterocycles. The normalized spacial score (nSPS) is 26.9. The van der Waals surface area contributed by atoms with Crippen molar-refractivity contribution in [3.63, 3.8) is 0 Å². The zero-order valence-corrected chi connectivity index (χ0v) is 16.0. The number of aromatic amines is 1. The molecule has 0 unspecified atom stereocenters. The van der Waals surface area contributed by atoms with Gasteiger partial charge in [-0.1, -0.05) is 12.8 Å². The van der Waals surface area contributed by atoms with Gasteiger partial charge in [-0.05, 0) is 31.6 Å². The summed E-state index contributed by atoms with van der Waals surface area (Å²) in [5, 5.41) is 20.2. The first-order chi connectivity index (χ1) is 13.1. The SMILES string of the molecule is C[C@@]1(O)CN(C(=O)CC2(CC(=O)O)CCCC2)CC[C@H]1n1ccc(=O)[nH]c1=O. The third kappa shape index (κ3) is 4.19. The van der Waals surface area contributed by atoms with Crippen LogP contribution in [0.25, 0.3) is 0 Å². The number of hydrogen-bond acceptors (Lipinski definition) is 5. The van der Waals surface area contributed by atoms with Crippen LogP contribution < -0.4 is 11.2 Å². The van der Waals surface area contributed by atoms with E-state index in [1.54, 1.807) is 11.8 Å². The van der Waals surface area contributed by atoms with E-state index >= 15 is 0 Å². The molecule has 154 valence electrons. The van der Waals surface area contributed by atoms with Gasteiger partial charge in [-0.25, -0.2) is 4.79 Å². The fraction of sp³-hybridized carbons (Fsp3) is 0.684. The lowest BCUT2D eigenvalue weighted by Gasteiger charge is -2.44. The first-order valence-corrected chi connectivity index (χ1v) is 9.65. The zero-order chi connectivity index (χ0) is 20.5. The van der Waals surface area contributed by atoms with Crippen molar-refractivity contribution in [1.29, 1.82) is 0 Å². The van der Waals surface area contributed by atoms with Crippen LogP contribution in [0, 0.1) is 5.41 Å². The Kier molecular flexibility index (Phi) is 5.47. The maximum atomic E-state index is 12.9. The fourth-order valence-electron chi connectivity index (χ4n) is 4.78. The molecule has 1 saturated heterocycles. The summed E-state index contributed by atoms with van der Waals surface area (Å²) in [4.78, 5) is 51.2. The number of carbonyl (C=O) groups excluding carboxylic acids is 1. The van der Waals surface area contributed by atoms with Crippen molar-refractivity contribution in [3.8, 4) is 0 Å². The molecule has 1 aliphatic carbocycles. The number of aliphatic carboxylic acids is 1. The fourth-order valence-corrected chi connectivity index (χ4v) is 4.78. The molecule has 3 N–H and O–H groups in total. The predicted octanol–water partition coefficient (Wildman–Crippen LogP) is 0.486. The number of aromatic nitrogens is 2. The van der Waals surface area contributed by atoms with E-state index in [1.807, 2.05) is 0 Å². The molecular weight excluding hydrogens is 366 g/mol. The van der Waals surface area contributed by atoms with E-state index in [4.69, 9.17) is 0 Å². The number of carbonyl (C=O) groups is 2. The second-order valence-corrected chi connectivity index (χ2v) is 8.45. The van der Waals surface area contributed by atoms with Gasteiger partial charge in [-0.2, -0.15) is 0 Å². The number of carboxylic acid groups (broad SMARTS) is 1. The monoisotopic (exact) mass is 393 g/mol. The van der Waals surface area contributed by atoms with Crippen molar-refractivity contribution in [2.24, 2.45) is 5.41 Å². The highest BCUT2D eigenvalue weighted by atomic mass is 16.4. The number of piperidine rings is 1.